The Bertz CT molecular complexity index is 637. The Balaban J connectivity index is 2.12. The molecular weight excluding hydrogens is 260 g/mol. The molecule has 0 bridgehead atoms. The number of nitrogens with one attached hydrogen (secondary N) is 1. The van der Waals surface area contributed by atoms with Crippen LogP contribution in [0.15, 0.2) is 18.3 Å². The summed E-state index contributed by atoms with van der Waals surface area (Å²) in [6, 6.07) is 4.10. The van der Waals surface area contributed by atoms with Crippen LogP contribution < -0.4 is 5.32 Å². The number of rotatable bonds is 4. The summed E-state index contributed by atoms with van der Waals surface area (Å²) in [5, 5.41) is 3.43. The number of aryl methyl sites for hydroxylation is 2. The molecule has 110 valence electrons. The zero-order valence-corrected chi connectivity index (χ0v) is 12.8. The van der Waals surface area contributed by atoms with Crippen LogP contribution >= 0.6 is 0 Å². The second kappa shape index (κ2) is 6.31. The molecule has 0 fully saturated rings. The Hall–Kier alpha value is -1.81. The predicted octanol–water partition coefficient (Wildman–Crippen LogP) is 2.70. The molecule has 0 aromatic carbocycles. The van der Waals surface area contributed by atoms with E-state index in [0.717, 1.165) is 50.3 Å². The van der Waals surface area contributed by atoms with Crippen molar-refractivity contribution in [2.45, 2.75) is 46.1 Å². The Morgan fingerprint density at radius 3 is 2.95 bits per heavy atom. The second-order valence-electron chi connectivity index (χ2n) is 5.46. The second-order valence-corrected chi connectivity index (χ2v) is 5.46. The van der Waals surface area contributed by atoms with Crippen LogP contribution in [0.4, 0.5) is 0 Å². The van der Waals surface area contributed by atoms with Crippen LogP contribution in [0.5, 0.6) is 0 Å². The minimum absolute atomic E-state index is 0.802. The van der Waals surface area contributed by atoms with Gasteiger partial charge in [-0.05, 0) is 24.5 Å². The molecule has 4 nitrogen and oxygen atoms in total. The Kier molecular flexibility index (Phi) is 4.25. The highest BCUT2D eigenvalue weighted by Crippen LogP contribution is 2.23. The fourth-order valence-electron chi connectivity index (χ4n) is 2.89. The van der Waals surface area contributed by atoms with Gasteiger partial charge in [0.2, 0.25) is 0 Å². The van der Waals surface area contributed by atoms with Crippen LogP contribution in [0.1, 0.15) is 42.8 Å². The van der Waals surface area contributed by atoms with Crippen LogP contribution in [0.25, 0.3) is 11.5 Å². The number of nitrogens with zero attached hydrogens (tertiary/aromatic N) is 3. The first kappa shape index (κ1) is 14.1. The first-order valence-electron chi connectivity index (χ1n) is 7.87. The molecular formula is C17H22N4. The van der Waals surface area contributed by atoms with E-state index in [1.165, 1.54) is 22.5 Å². The molecule has 0 atom stereocenters. The van der Waals surface area contributed by atoms with Crippen molar-refractivity contribution < 1.29 is 0 Å². The topological polar surface area (TPSA) is 50.7 Å². The summed E-state index contributed by atoms with van der Waals surface area (Å²) in [5.74, 6) is 0.802. The van der Waals surface area contributed by atoms with E-state index in [9.17, 15) is 0 Å². The monoisotopic (exact) mass is 282 g/mol. The molecule has 21 heavy (non-hydrogen) atoms. The molecule has 0 radical (unpaired) electrons. The van der Waals surface area contributed by atoms with Crippen molar-refractivity contribution >= 4 is 0 Å². The van der Waals surface area contributed by atoms with Gasteiger partial charge in [-0.1, -0.05) is 26.3 Å². The van der Waals surface area contributed by atoms with E-state index in [2.05, 4.69) is 30.2 Å². The lowest BCUT2D eigenvalue weighted by Gasteiger charge is -2.20. The maximum atomic E-state index is 4.84. The molecule has 4 heteroatoms. The summed E-state index contributed by atoms with van der Waals surface area (Å²) < 4.78 is 0. The van der Waals surface area contributed by atoms with Crippen LogP contribution in [-0.2, 0) is 25.8 Å². The zero-order chi connectivity index (χ0) is 14.7. The van der Waals surface area contributed by atoms with Gasteiger partial charge in [0.1, 0.15) is 5.69 Å². The molecule has 0 aliphatic carbocycles. The molecule has 0 amide bonds. The maximum Gasteiger partial charge on any atom is 0.178 e. The van der Waals surface area contributed by atoms with Crippen molar-refractivity contribution in [3.05, 3.63) is 40.8 Å². The Morgan fingerprint density at radius 2 is 2.14 bits per heavy atom. The smallest absolute Gasteiger partial charge is 0.178 e. The van der Waals surface area contributed by atoms with Crippen molar-refractivity contribution in [2.24, 2.45) is 0 Å². The third-order valence-corrected chi connectivity index (χ3v) is 3.99. The third-order valence-electron chi connectivity index (χ3n) is 3.99. The molecule has 1 aliphatic heterocycles. The van der Waals surface area contributed by atoms with E-state index in [4.69, 9.17) is 9.97 Å². The molecule has 0 saturated carbocycles. The average Bonchev–Trinajstić information content (AvgIpc) is 2.55. The minimum Gasteiger partial charge on any atom is -0.312 e. The van der Waals surface area contributed by atoms with E-state index in [1.807, 2.05) is 12.3 Å². The lowest BCUT2D eigenvalue weighted by molar-refractivity contribution is 0.615. The van der Waals surface area contributed by atoms with Gasteiger partial charge < -0.3 is 5.32 Å². The van der Waals surface area contributed by atoms with Gasteiger partial charge in [-0.3, -0.25) is 4.98 Å². The average molecular weight is 282 g/mol. The van der Waals surface area contributed by atoms with E-state index in [0.29, 0.717) is 0 Å². The summed E-state index contributed by atoms with van der Waals surface area (Å²) in [7, 11) is 0. The number of pyridine rings is 1. The predicted molar refractivity (Wildman–Crippen MR) is 84.0 cm³/mol. The maximum absolute atomic E-state index is 4.84. The SMILES string of the molecule is CCCc1nc(-c2ncccc2CC)nc2c1CNCC2. The quantitative estimate of drug-likeness (QED) is 0.936. The van der Waals surface area contributed by atoms with E-state index in [1.54, 1.807) is 0 Å². The van der Waals surface area contributed by atoms with Gasteiger partial charge in [-0.25, -0.2) is 9.97 Å². The van der Waals surface area contributed by atoms with Gasteiger partial charge in [0, 0.05) is 37.0 Å². The molecule has 2 aromatic heterocycles. The van der Waals surface area contributed by atoms with Gasteiger partial charge in [0.05, 0.1) is 5.69 Å². The van der Waals surface area contributed by atoms with Crippen LogP contribution in [0.2, 0.25) is 0 Å². The lowest BCUT2D eigenvalue weighted by Crippen LogP contribution is -2.27. The van der Waals surface area contributed by atoms with Crippen molar-refractivity contribution in [3.8, 4) is 11.5 Å². The van der Waals surface area contributed by atoms with Gasteiger partial charge >= 0.3 is 0 Å². The molecule has 1 aliphatic rings. The van der Waals surface area contributed by atoms with E-state index >= 15 is 0 Å². The highest BCUT2D eigenvalue weighted by atomic mass is 15.0. The number of hydrogen-bond acceptors (Lipinski definition) is 4. The summed E-state index contributed by atoms with van der Waals surface area (Å²) in [5.41, 5.74) is 5.86. The summed E-state index contributed by atoms with van der Waals surface area (Å²) in [6.45, 7) is 6.24. The summed E-state index contributed by atoms with van der Waals surface area (Å²) >= 11 is 0. The highest BCUT2D eigenvalue weighted by molar-refractivity contribution is 5.55. The minimum atomic E-state index is 0.802. The number of fused-ring (bicyclic) bond motifs is 1. The molecule has 0 unspecified atom stereocenters. The van der Waals surface area contributed by atoms with E-state index in [-0.39, 0.29) is 0 Å². The van der Waals surface area contributed by atoms with Gasteiger partial charge in [0.15, 0.2) is 5.82 Å². The molecule has 0 spiro atoms. The molecule has 0 saturated heterocycles. The zero-order valence-electron chi connectivity index (χ0n) is 12.8. The van der Waals surface area contributed by atoms with Crippen LogP contribution in [0, 0.1) is 0 Å². The van der Waals surface area contributed by atoms with Crippen molar-refractivity contribution in [1.82, 2.24) is 20.3 Å². The largest absolute Gasteiger partial charge is 0.312 e. The molecule has 1 N–H and O–H groups in total. The van der Waals surface area contributed by atoms with Crippen molar-refractivity contribution in [1.29, 1.82) is 0 Å². The van der Waals surface area contributed by atoms with Crippen molar-refractivity contribution in [2.75, 3.05) is 6.54 Å². The first-order chi connectivity index (χ1) is 10.3. The Labute approximate surface area is 126 Å². The third kappa shape index (κ3) is 2.81. The summed E-state index contributed by atoms with van der Waals surface area (Å²) in [4.78, 5) is 14.2. The normalized spacial score (nSPS) is 14.0. The van der Waals surface area contributed by atoms with Crippen molar-refractivity contribution in [3.63, 3.8) is 0 Å². The Morgan fingerprint density at radius 1 is 1.24 bits per heavy atom. The summed E-state index contributed by atoms with van der Waals surface area (Å²) in [6.07, 6.45) is 5.88. The number of aromatic nitrogens is 3. The van der Waals surface area contributed by atoms with Gasteiger partial charge in [0.25, 0.3) is 0 Å². The fourth-order valence-corrected chi connectivity index (χ4v) is 2.89. The van der Waals surface area contributed by atoms with Gasteiger partial charge in [-0.15, -0.1) is 0 Å². The number of hydrogen-bond donors (Lipinski definition) is 1. The standard InChI is InChI=1S/C17H22N4/c1-3-6-14-13-11-18-10-8-15(13)21-17(20-14)16-12(4-2)7-5-9-19-16/h5,7,9,18H,3-4,6,8,10-11H2,1-2H3. The highest BCUT2D eigenvalue weighted by Gasteiger charge is 2.19. The fraction of sp³-hybridized carbons (Fsp3) is 0.471. The van der Waals surface area contributed by atoms with E-state index < -0.39 is 0 Å². The van der Waals surface area contributed by atoms with Crippen LogP contribution in [-0.4, -0.2) is 21.5 Å². The van der Waals surface area contributed by atoms with Gasteiger partial charge in [-0.2, -0.15) is 0 Å². The molecule has 3 rings (SSSR count). The molecule has 2 aromatic rings. The van der Waals surface area contributed by atoms with Crippen LogP contribution in [0.3, 0.4) is 0 Å². The molecule has 3 heterocycles. The first-order valence-corrected chi connectivity index (χ1v) is 7.87. The lowest BCUT2D eigenvalue weighted by atomic mass is 10.0.